The SMILES string of the molecule is CCO[Si](CCCS)(OCC)OCC.[CH2]CCNC(N)=O. The zero-order chi connectivity index (χ0) is 16.6. The van der Waals surface area contributed by atoms with Crippen LogP contribution >= 0.6 is 12.6 Å². The van der Waals surface area contributed by atoms with Gasteiger partial charge in [0, 0.05) is 32.4 Å². The second kappa shape index (κ2) is 16.1. The standard InChI is InChI=1S/C9H22O3SSi.C4H9N2O/c1-4-10-14(11-5-2,12-6-3)9-7-8-13;1-2-3-6-4(5)7/h13H,4-9H2,1-3H3;1-3H2,(H3,5,6,7). The maximum Gasteiger partial charge on any atom is 0.500 e. The highest BCUT2D eigenvalue weighted by Gasteiger charge is 2.39. The Morgan fingerprint density at radius 3 is 1.90 bits per heavy atom. The number of rotatable bonds is 11. The van der Waals surface area contributed by atoms with Crippen molar-refractivity contribution in [1.29, 1.82) is 0 Å². The van der Waals surface area contributed by atoms with E-state index in [-0.39, 0.29) is 0 Å². The number of carbonyl (C=O) groups is 1. The predicted molar refractivity (Wildman–Crippen MR) is 91.5 cm³/mol. The van der Waals surface area contributed by atoms with Crippen molar-refractivity contribution in [2.45, 2.75) is 39.7 Å². The van der Waals surface area contributed by atoms with E-state index >= 15 is 0 Å². The Labute approximate surface area is 135 Å². The van der Waals surface area contributed by atoms with Gasteiger partial charge in [0.25, 0.3) is 0 Å². The summed E-state index contributed by atoms with van der Waals surface area (Å²) in [6.07, 6.45) is 1.66. The summed E-state index contributed by atoms with van der Waals surface area (Å²) in [5.74, 6) is 0.849. The minimum Gasteiger partial charge on any atom is -0.374 e. The van der Waals surface area contributed by atoms with Crippen LogP contribution in [0.25, 0.3) is 0 Å². The molecule has 0 aromatic carbocycles. The summed E-state index contributed by atoms with van der Waals surface area (Å²) in [4.78, 5) is 9.84. The van der Waals surface area contributed by atoms with Gasteiger partial charge in [-0.25, -0.2) is 4.79 Å². The van der Waals surface area contributed by atoms with E-state index in [0.717, 1.165) is 18.2 Å². The van der Waals surface area contributed by atoms with Crippen LogP contribution in [0.3, 0.4) is 0 Å². The molecule has 0 saturated carbocycles. The highest BCUT2D eigenvalue weighted by Crippen LogP contribution is 2.18. The van der Waals surface area contributed by atoms with Crippen LogP contribution in [-0.4, -0.2) is 47.0 Å². The van der Waals surface area contributed by atoms with Crippen LogP contribution in [0.4, 0.5) is 4.79 Å². The molecule has 3 N–H and O–H groups in total. The quantitative estimate of drug-likeness (QED) is 0.398. The van der Waals surface area contributed by atoms with E-state index in [1.807, 2.05) is 20.8 Å². The van der Waals surface area contributed by atoms with Gasteiger partial charge in [-0.15, -0.1) is 0 Å². The number of hydrogen-bond donors (Lipinski definition) is 3. The summed E-state index contributed by atoms with van der Waals surface area (Å²) >= 11 is 4.19. The second-order valence-corrected chi connectivity index (χ2v) is 7.13. The lowest BCUT2D eigenvalue weighted by molar-refractivity contribution is 0.0712. The first kappa shape index (κ1) is 23.0. The van der Waals surface area contributed by atoms with Gasteiger partial charge < -0.3 is 24.3 Å². The lowest BCUT2D eigenvalue weighted by Crippen LogP contribution is -2.46. The first-order valence-electron chi connectivity index (χ1n) is 7.37. The molecule has 6 nitrogen and oxygen atoms in total. The normalized spacial score (nSPS) is 10.7. The molecule has 0 rings (SSSR count). The largest absolute Gasteiger partial charge is 0.500 e. The van der Waals surface area contributed by atoms with Gasteiger partial charge in [-0.05, 0) is 39.4 Å². The highest BCUT2D eigenvalue weighted by molar-refractivity contribution is 7.80. The number of nitrogens with one attached hydrogen (secondary N) is 1. The first-order chi connectivity index (χ1) is 10.0. The molecule has 0 atom stereocenters. The van der Waals surface area contributed by atoms with Gasteiger partial charge in [0.1, 0.15) is 0 Å². The van der Waals surface area contributed by atoms with Gasteiger partial charge in [0.05, 0.1) is 0 Å². The molecule has 8 heteroatoms. The minimum atomic E-state index is -2.37. The number of hydrogen-bond acceptors (Lipinski definition) is 5. The molecule has 0 bridgehead atoms. The van der Waals surface area contributed by atoms with E-state index in [2.05, 4.69) is 24.9 Å². The number of nitrogens with two attached hydrogens (primary N) is 1. The van der Waals surface area contributed by atoms with Crippen molar-refractivity contribution in [3.8, 4) is 0 Å². The summed E-state index contributed by atoms with van der Waals surface area (Å²) in [5.41, 5.74) is 4.70. The number of carbonyl (C=O) groups excluding carboxylic acids is 1. The van der Waals surface area contributed by atoms with E-state index in [1.54, 1.807) is 0 Å². The third kappa shape index (κ3) is 14.4. The van der Waals surface area contributed by atoms with Gasteiger partial charge in [-0.2, -0.15) is 12.6 Å². The molecular weight excluding hydrogens is 308 g/mol. The molecule has 0 fully saturated rings. The van der Waals surface area contributed by atoms with Crippen molar-refractivity contribution in [1.82, 2.24) is 5.32 Å². The van der Waals surface area contributed by atoms with Gasteiger partial charge in [0.2, 0.25) is 0 Å². The van der Waals surface area contributed by atoms with Gasteiger partial charge in [-0.3, -0.25) is 0 Å². The lowest BCUT2D eigenvalue weighted by atomic mass is 10.5. The monoisotopic (exact) mass is 339 g/mol. The van der Waals surface area contributed by atoms with Crippen LogP contribution in [0.2, 0.25) is 6.04 Å². The molecule has 0 aliphatic heterocycles. The molecular formula is C13H31N2O4SSi. The molecule has 0 aromatic rings. The average molecular weight is 340 g/mol. The Hall–Kier alpha value is -0.283. The van der Waals surface area contributed by atoms with Gasteiger partial charge in [0.15, 0.2) is 0 Å². The molecule has 0 saturated heterocycles. The molecule has 2 amide bonds. The van der Waals surface area contributed by atoms with E-state index in [1.165, 1.54) is 0 Å². The maximum absolute atomic E-state index is 9.84. The van der Waals surface area contributed by atoms with Crippen molar-refractivity contribution >= 4 is 27.5 Å². The molecule has 0 aliphatic rings. The summed E-state index contributed by atoms with van der Waals surface area (Å²) in [7, 11) is -2.37. The van der Waals surface area contributed by atoms with E-state index in [0.29, 0.717) is 32.8 Å². The van der Waals surface area contributed by atoms with Crippen molar-refractivity contribution in [3.63, 3.8) is 0 Å². The van der Waals surface area contributed by atoms with Crippen LogP contribution in [0.1, 0.15) is 33.6 Å². The number of amides is 2. The Kier molecular flexibility index (Phi) is 17.6. The molecule has 21 heavy (non-hydrogen) atoms. The van der Waals surface area contributed by atoms with Crippen LogP contribution in [0.5, 0.6) is 0 Å². The summed E-state index contributed by atoms with van der Waals surface area (Å²) in [6, 6.07) is 0.384. The topological polar surface area (TPSA) is 82.8 Å². The highest BCUT2D eigenvalue weighted by atomic mass is 32.1. The Morgan fingerprint density at radius 2 is 1.67 bits per heavy atom. The smallest absolute Gasteiger partial charge is 0.374 e. The third-order valence-corrected chi connectivity index (χ3v) is 5.68. The first-order valence-corrected chi connectivity index (χ1v) is 9.93. The summed E-state index contributed by atoms with van der Waals surface area (Å²) in [6.45, 7) is 11.9. The zero-order valence-electron chi connectivity index (χ0n) is 13.5. The Morgan fingerprint density at radius 1 is 1.19 bits per heavy atom. The molecule has 0 unspecified atom stereocenters. The Balaban J connectivity index is 0. The van der Waals surface area contributed by atoms with E-state index in [9.17, 15) is 4.79 Å². The summed E-state index contributed by atoms with van der Waals surface area (Å²) in [5, 5.41) is 2.37. The van der Waals surface area contributed by atoms with E-state index < -0.39 is 14.8 Å². The zero-order valence-corrected chi connectivity index (χ0v) is 15.4. The fraction of sp³-hybridized carbons (Fsp3) is 0.846. The fourth-order valence-electron chi connectivity index (χ4n) is 1.51. The molecule has 0 aliphatic carbocycles. The Bertz CT molecular complexity index is 231. The number of primary amides is 1. The van der Waals surface area contributed by atoms with Gasteiger partial charge in [-0.1, -0.05) is 6.92 Å². The van der Waals surface area contributed by atoms with Crippen molar-refractivity contribution < 1.29 is 18.1 Å². The maximum atomic E-state index is 9.84. The minimum absolute atomic E-state index is 0.483. The molecule has 1 radical (unpaired) electrons. The van der Waals surface area contributed by atoms with Crippen LogP contribution in [-0.2, 0) is 13.3 Å². The summed E-state index contributed by atoms with van der Waals surface area (Å²) < 4.78 is 17.0. The van der Waals surface area contributed by atoms with Crippen molar-refractivity contribution in [3.05, 3.63) is 6.92 Å². The van der Waals surface area contributed by atoms with Crippen LogP contribution in [0.15, 0.2) is 0 Å². The number of thiol groups is 1. The number of urea groups is 1. The lowest BCUT2D eigenvalue weighted by Gasteiger charge is -2.28. The van der Waals surface area contributed by atoms with Crippen LogP contribution < -0.4 is 11.1 Å². The van der Waals surface area contributed by atoms with Crippen LogP contribution in [0, 0.1) is 6.92 Å². The predicted octanol–water partition coefficient (Wildman–Crippen LogP) is 2.23. The van der Waals surface area contributed by atoms with Gasteiger partial charge >= 0.3 is 14.8 Å². The molecule has 0 aromatic heterocycles. The molecule has 0 heterocycles. The van der Waals surface area contributed by atoms with E-state index in [4.69, 9.17) is 19.0 Å². The average Bonchev–Trinajstić information content (AvgIpc) is 2.44. The van der Waals surface area contributed by atoms with Crippen molar-refractivity contribution in [2.24, 2.45) is 5.73 Å². The second-order valence-electron chi connectivity index (χ2n) is 3.95. The van der Waals surface area contributed by atoms with Crippen molar-refractivity contribution in [2.75, 3.05) is 32.1 Å². The third-order valence-electron chi connectivity index (χ3n) is 2.21. The molecule has 0 spiro atoms. The molecule has 127 valence electrons. The fourth-order valence-corrected chi connectivity index (χ4v) is 4.58.